The molecule has 3 heterocycles. The maximum Gasteiger partial charge on any atom is 0.165 e. The molecule has 2 aromatic rings. The molecule has 3 aliphatic rings. The van der Waals surface area contributed by atoms with E-state index in [1.54, 1.807) is 0 Å². The predicted molar refractivity (Wildman–Crippen MR) is 135 cm³/mol. The first-order valence-electron chi connectivity index (χ1n) is 12.1. The summed E-state index contributed by atoms with van der Waals surface area (Å²) < 4.78 is 0. The molecule has 1 N–H and O–H groups in total. The molecular weight excluding hydrogens is 422 g/mol. The van der Waals surface area contributed by atoms with Crippen LogP contribution in [0.5, 0.6) is 0 Å². The number of hydrogen-bond donors (Lipinski definition) is 1. The number of pyridine rings is 1. The summed E-state index contributed by atoms with van der Waals surface area (Å²) in [4.78, 5) is 20.2. The normalized spacial score (nSPS) is 25.2. The smallest absolute Gasteiger partial charge is 0.165 e. The second-order valence-electron chi connectivity index (χ2n) is 10.7. The molecule has 1 aromatic carbocycles. The Morgan fingerprint density at radius 1 is 1.12 bits per heavy atom. The van der Waals surface area contributed by atoms with Crippen molar-refractivity contribution in [1.29, 1.82) is 0 Å². The van der Waals surface area contributed by atoms with Crippen LogP contribution in [0.15, 0.2) is 75.4 Å². The molecule has 1 unspecified atom stereocenters. The zero-order valence-electron chi connectivity index (χ0n) is 20.9. The highest BCUT2D eigenvalue weighted by molar-refractivity contribution is 6.01. The minimum Gasteiger partial charge on any atom is -0.363 e. The van der Waals surface area contributed by atoms with Gasteiger partial charge in [-0.3, -0.25) is 4.79 Å². The zero-order chi connectivity index (χ0) is 24.3. The minimum atomic E-state index is -0.542. The molecule has 6 heteroatoms. The molecule has 176 valence electrons. The van der Waals surface area contributed by atoms with Crippen molar-refractivity contribution in [2.75, 3.05) is 19.0 Å². The van der Waals surface area contributed by atoms with E-state index in [0.29, 0.717) is 6.42 Å². The predicted octanol–water partition coefficient (Wildman–Crippen LogP) is 5.77. The van der Waals surface area contributed by atoms with Crippen molar-refractivity contribution in [2.45, 2.75) is 58.5 Å². The van der Waals surface area contributed by atoms with Crippen LogP contribution in [0.3, 0.4) is 0 Å². The average molecular weight is 456 g/mol. The monoisotopic (exact) mass is 455 g/mol. The summed E-state index contributed by atoms with van der Waals surface area (Å²) in [6.45, 7) is 8.54. The van der Waals surface area contributed by atoms with E-state index in [2.05, 4.69) is 71.6 Å². The van der Waals surface area contributed by atoms with E-state index in [-0.39, 0.29) is 17.4 Å². The van der Waals surface area contributed by atoms with Crippen LogP contribution in [-0.2, 0) is 10.2 Å². The van der Waals surface area contributed by atoms with Gasteiger partial charge in [0.05, 0.1) is 11.1 Å². The molecule has 0 saturated heterocycles. The number of Topliss-reactive ketones (excluding diaryl/α,β-unsaturated/α-hetero) is 1. The highest BCUT2D eigenvalue weighted by Gasteiger charge is 2.53. The molecule has 1 aromatic heterocycles. The lowest BCUT2D eigenvalue weighted by Crippen LogP contribution is -2.51. The number of nitrogens with one attached hydrogen (secondary N) is 1. The molecular formula is C28H33N5O. The largest absolute Gasteiger partial charge is 0.363 e. The first-order chi connectivity index (χ1) is 16.2. The number of rotatable bonds is 4. The summed E-state index contributed by atoms with van der Waals surface area (Å²) in [5.41, 5.74) is 6.70. The summed E-state index contributed by atoms with van der Waals surface area (Å²) in [6.07, 6.45) is 3.80. The number of ketones is 1. The fourth-order valence-electron chi connectivity index (χ4n) is 6.01. The van der Waals surface area contributed by atoms with Crippen LogP contribution in [0.4, 0.5) is 5.82 Å². The Labute approximate surface area is 201 Å². The van der Waals surface area contributed by atoms with E-state index < -0.39 is 5.41 Å². The van der Waals surface area contributed by atoms with Gasteiger partial charge in [-0.2, -0.15) is 10.2 Å². The number of anilines is 1. The van der Waals surface area contributed by atoms with Gasteiger partial charge in [0.25, 0.3) is 0 Å². The molecule has 2 atom stereocenters. The van der Waals surface area contributed by atoms with Crippen molar-refractivity contribution in [1.82, 2.24) is 10.3 Å². The Balaban J connectivity index is 1.73. The Morgan fingerprint density at radius 2 is 1.88 bits per heavy atom. The van der Waals surface area contributed by atoms with Gasteiger partial charge in [-0.1, -0.05) is 39.0 Å². The van der Waals surface area contributed by atoms with Gasteiger partial charge < -0.3 is 10.2 Å². The Bertz CT molecular complexity index is 1270. The van der Waals surface area contributed by atoms with Gasteiger partial charge in [-0.15, -0.1) is 0 Å². The highest BCUT2D eigenvalue weighted by Crippen LogP contribution is 2.55. The van der Waals surface area contributed by atoms with Crippen LogP contribution in [0, 0.1) is 5.41 Å². The number of fused-ring (bicyclic) bond motifs is 1. The zero-order valence-corrected chi connectivity index (χ0v) is 20.9. The fourth-order valence-corrected chi connectivity index (χ4v) is 6.01. The third-order valence-electron chi connectivity index (χ3n) is 7.48. The number of carbonyl (C=O) groups is 1. The van der Waals surface area contributed by atoms with Gasteiger partial charge in [0.1, 0.15) is 5.82 Å². The van der Waals surface area contributed by atoms with E-state index in [1.807, 2.05) is 38.2 Å². The lowest BCUT2D eigenvalue weighted by atomic mass is 9.58. The summed E-state index contributed by atoms with van der Waals surface area (Å²) in [6, 6.07) is 12.8. The number of benzene rings is 1. The van der Waals surface area contributed by atoms with Crippen LogP contribution < -0.4 is 10.2 Å². The van der Waals surface area contributed by atoms with Gasteiger partial charge >= 0.3 is 0 Å². The van der Waals surface area contributed by atoms with Gasteiger partial charge in [-0.05, 0) is 60.1 Å². The number of nitrogens with zero attached hydrogens (tertiary/aromatic N) is 4. The van der Waals surface area contributed by atoms with Gasteiger partial charge in [0, 0.05) is 43.6 Å². The summed E-state index contributed by atoms with van der Waals surface area (Å²) in [5, 5.41) is 12.6. The summed E-state index contributed by atoms with van der Waals surface area (Å²) >= 11 is 0. The van der Waals surface area contributed by atoms with Crippen molar-refractivity contribution in [2.24, 2.45) is 15.6 Å². The number of hydrogen-bond acceptors (Lipinski definition) is 6. The molecule has 0 amide bonds. The van der Waals surface area contributed by atoms with Crippen molar-refractivity contribution in [3.63, 3.8) is 0 Å². The third-order valence-corrected chi connectivity index (χ3v) is 7.48. The van der Waals surface area contributed by atoms with Crippen molar-refractivity contribution < 1.29 is 4.79 Å². The second-order valence-corrected chi connectivity index (χ2v) is 10.7. The molecule has 0 bridgehead atoms. The van der Waals surface area contributed by atoms with Crippen LogP contribution in [0.2, 0.25) is 0 Å². The maximum absolute atomic E-state index is 13.8. The van der Waals surface area contributed by atoms with Crippen molar-refractivity contribution >= 4 is 11.6 Å². The molecule has 6 nitrogen and oxygen atoms in total. The van der Waals surface area contributed by atoms with E-state index >= 15 is 0 Å². The molecule has 1 aliphatic carbocycles. The number of allylic oxidation sites excluding steroid dienone is 3. The molecule has 0 fully saturated rings. The Hall–Kier alpha value is -3.28. The average Bonchev–Trinajstić information content (AvgIpc) is 3.17. The molecule has 0 saturated carbocycles. The van der Waals surface area contributed by atoms with E-state index in [9.17, 15) is 4.79 Å². The number of aromatic nitrogens is 1. The lowest BCUT2D eigenvalue weighted by molar-refractivity contribution is -0.119. The third kappa shape index (κ3) is 3.39. The van der Waals surface area contributed by atoms with Crippen LogP contribution in [0.1, 0.15) is 52.5 Å². The van der Waals surface area contributed by atoms with E-state index in [4.69, 9.17) is 0 Å². The number of azo groups is 1. The maximum atomic E-state index is 13.8. The first-order valence-corrected chi connectivity index (χ1v) is 12.1. The SMILES string of the molecule is CC[C@@]1(c2cccc(-c3ccnc(N(C)C)c3)c2)C2=C(CC(C)(C)CC2=O)NC2N=NC(C)=C21. The van der Waals surface area contributed by atoms with E-state index in [0.717, 1.165) is 57.9 Å². The lowest BCUT2D eigenvalue weighted by Gasteiger charge is -2.48. The summed E-state index contributed by atoms with van der Waals surface area (Å²) in [7, 11) is 3.99. The van der Waals surface area contributed by atoms with Crippen molar-refractivity contribution in [3.8, 4) is 11.1 Å². The standard InChI is InChI=1S/C28H33N5O/c1-7-28(20-10-8-9-18(13-20)19-11-12-29-23(14-19)33(5)6)24-17(2)31-32-26(24)30-21-15-27(3,4)16-22(34)25(21)28/h8-14,26,30H,7,15-16H2,1-6H3/t26?,28-/m0/s1. The van der Waals surface area contributed by atoms with Gasteiger partial charge in [-0.25, -0.2) is 4.98 Å². The molecule has 0 spiro atoms. The topological polar surface area (TPSA) is 70.0 Å². The molecule has 34 heavy (non-hydrogen) atoms. The fraction of sp³-hybridized carbons (Fsp3) is 0.429. The summed E-state index contributed by atoms with van der Waals surface area (Å²) in [5.74, 6) is 1.15. The minimum absolute atomic E-state index is 0.0735. The van der Waals surface area contributed by atoms with Crippen LogP contribution in [-0.4, -0.2) is 31.0 Å². The van der Waals surface area contributed by atoms with Gasteiger partial charge in [0.2, 0.25) is 0 Å². The number of carbonyl (C=O) groups excluding carboxylic acids is 1. The van der Waals surface area contributed by atoms with Crippen LogP contribution >= 0.6 is 0 Å². The Morgan fingerprint density at radius 3 is 2.62 bits per heavy atom. The second kappa shape index (κ2) is 7.90. The van der Waals surface area contributed by atoms with Crippen LogP contribution in [0.25, 0.3) is 11.1 Å². The van der Waals surface area contributed by atoms with Gasteiger partial charge in [0.15, 0.2) is 11.9 Å². The molecule has 2 aliphatic heterocycles. The van der Waals surface area contributed by atoms with Crippen molar-refractivity contribution in [3.05, 3.63) is 70.7 Å². The molecule has 5 rings (SSSR count). The quantitative estimate of drug-likeness (QED) is 0.635. The first kappa shape index (κ1) is 22.5. The molecule has 0 radical (unpaired) electrons. The Kier molecular flexibility index (Phi) is 5.23. The van der Waals surface area contributed by atoms with E-state index in [1.165, 1.54) is 0 Å². The highest BCUT2D eigenvalue weighted by atomic mass is 16.1.